The van der Waals surface area contributed by atoms with Crippen LogP contribution in [-0.4, -0.2) is 16.3 Å². The molecular weight excluding hydrogens is 338 g/mol. The molecule has 0 bridgehead atoms. The van der Waals surface area contributed by atoms with Crippen molar-refractivity contribution in [3.63, 3.8) is 0 Å². The Morgan fingerprint density at radius 2 is 2.15 bits per heavy atom. The summed E-state index contributed by atoms with van der Waals surface area (Å²) in [6.07, 6.45) is 1.83. The Balaban J connectivity index is 2.13. The molecule has 0 spiro atoms. The highest BCUT2D eigenvalue weighted by molar-refractivity contribution is 9.10. The van der Waals surface area contributed by atoms with Gasteiger partial charge in [-0.05, 0) is 37.1 Å². The highest BCUT2D eigenvalue weighted by Crippen LogP contribution is 2.22. The Kier molecular flexibility index (Phi) is 5.24. The van der Waals surface area contributed by atoms with Crippen LogP contribution in [-0.2, 0) is 6.54 Å². The zero-order valence-corrected chi connectivity index (χ0v) is 14.3. The first-order valence-electron chi connectivity index (χ1n) is 6.68. The van der Waals surface area contributed by atoms with E-state index in [9.17, 15) is 0 Å². The Morgan fingerprint density at radius 1 is 1.40 bits per heavy atom. The topological polar surface area (TPSA) is 29.9 Å². The molecule has 0 saturated heterocycles. The van der Waals surface area contributed by atoms with E-state index in [1.165, 1.54) is 5.56 Å². The molecule has 0 fully saturated rings. The molecule has 5 heteroatoms. The quantitative estimate of drug-likeness (QED) is 0.863. The summed E-state index contributed by atoms with van der Waals surface area (Å²) >= 11 is 9.67. The molecule has 2 aromatic rings. The second kappa shape index (κ2) is 6.74. The lowest BCUT2D eigenvalue weighted by molar-refractivity contribution is 0.552. The minimum Gasteiger partial charge on any atom is -0.312 e. The van der Waals surface area contributed by atoms with Gasteiger partial charge in [0.05, 0.1) is 16.4 Å². The van der Waals surface area contributed by atoms with Gasteiger partial charge >= 0.3 is 0 Å². The van der Waals surface area contributed by atoms with Crippen LogP contribution in [0, 0.1) is 12.8 Å². The molecule has 0 radical (unpaired) electrons. The second-order valence-electron chi connectivity index (χ2n) is 5.31. The predicted octanol–water partition coefficient (Wildman–Crippen LogP) is 4.34. The van der Waals surface area contributed by atoms with Gasteiger partial charge < -0.3 is 5.32 Å². The van der Waals surface area contributed by atoms with Crippen LogP contribution in [0.5, 0.6) is 0 Å². The summed E-state index contributed by atoms with van der Waals surface area (Å²) in [4.78, 5) is 0. The second-order valence-corrected chi connectivity index (χ2v) is 6.57. The monoisotopic (exact) mass is 355 g/mol. The number of halogens is 2. The van der Waals surface area contributed by atoms with Gasteiger partial charge in [0.15, 0.2) is 0 Å². The molecule has 1 N–H and O–H groups in total. The van der Waals surface area contributed by atoms with Crippen molar-refractivity contribution in [1.82, 2.24) is 15.1 Å². The maximum absolute atomic E-state index is 6.04. The summed E-state index contributed by atoms with van der Waals surface area (Å²) in [5.41, 5.74) is 3.08. The van der Waals surface area contributed by atoms with Crippen molar-refractivity contribution < 1.29 is 0 Å². The Hall–Kier alpha value is -0.840. The van der Waals surface area contributed by atoms with E-state index in [4.69, 9.17) is 11.6 Å². The third-order valence-corrected chi connectivity index (χ3v) is 4.12. The number of nitrogens with one attached hydrogen (secondary N) is 1. The van der Waals surface area contributed by atoms with E-state index in [1.807, 2.05) is 13.1 Å². The van der Waals surface area contributed by atoms with Crippen LogP contribution in [0.4, 0.5) is 0 Å². The number of aryl methyl sites for hydroxylation is 1. The minimum atomic E-state index is 0.655. The molecular formula is C15H19BrClN3. The molecule has 0 aliphatic heterocycles. The van der Waals surface area contributed by atoms with E-state index in [1.54, 1.807) is 4.68 Å². The summed E-state index contributed by atoms with van der Waals surface area (Å²) in [6, 6.07) is 6.23. The van der Waals surface area contributed by atoms with Crippen molar-refractivity contribution in [3.8, 4) is 5.69 Å². The van der Waals surface area contributed by atoms with E-state index in [2.05, 4.69) is 58.4 Å². The Bertz CT molecular complexity index is 573. The Labute approximate surface area is 133 Å². The van der Waals surface area contributed by atoms with Crippen LogP contribution in [0.25, 0.3) is 5.69 Å². The normalized spacial score (nSPS) is 11.3. The molecule has 0 aliphatic rings. The van der Waals surface area contributed by atoms with Crippen molar-refractivity contribution in [1.29, 1.82) is 0 Å². The van der Waals surface area contributed by atoms with Gasteiger partial charge in [0.25, 0.3) is 0 Å². The highest BCUT2D eigenvalue weighted by Gasteiger charge is 2.07. The lowest BCUT2D eigenvalue weighted by Gasteiger charge is -2.10. The minimum absolute atomic E-state index is 0.655. The van der Waals surface area contributed by atoms with Crippen LogP contribution in [0.2, 0.25) is 5.02 Å². The molecule has 1 heterocycles. The van der Waals surface area contributed by atoms with Crippen LogP contribution < -0.4 is 5.32 Å². The van der Waals surface area contributed by atoms with Gasteiger partial charge in [-0.3, -0.25) is 0 Å². The fourth-order valence-corrected chi connectivity index (χ4v) is 2.53. The summed E-state index contributed by atoms with van der Waals surface area (Å²) in [6.45, 7) is 8.18. The van der Waals surface area contributed by atoms with Crippen LogP contribution in [0.3, 0.4) is 0 Å². The largest absolute Gasteiger partial charge is 0.312 e. The summed E-state index contributed by atoms with van der Waals surface area (Å²) in [5.74, 6) is 0.655. The number of aromatic nitrogens is 2. The van der Waals surface area contributed by atoms with E-state index >= 15 is 0 Å². The SMILES string of the molecule is Cc1nn(-c2ccc(CNCC(C)C)c(Br)c2)cc1Cl. The van der Waals surface area contributed by atoms with Gasteiger partial charge in [0.1, 0.15) is 0 Å². The fraction of sp³-hybridized carbons (Fsp3) is 0.400. The number of hydrogen-bond donors (Lipinski definition) is 1. The van der Waals surface area contributed by atoms with Crippen molar-refractivity contribution in [3.05, 3.63) is 45.1 Å². The van der Waals surface area contributed by atoms with Gasteiger partial charge in [-0.1, -0.05) is 47.4 Å². The molecule has 0 aliphatic carbocycles. The highest BCUT2D eigenvalue weighted by atomic mass is 79.9. The average Bonchev–Trinajstić information content (AvgIpc) is 2.71. The maximum atomic E-state index is 6.04. The first-order chi connectivity index (χ1) is 9.47. The first kappa shape index (κ1) is 15.5. The third-order valence-electron chi connectivity index (χ3n) is 3.01. The molecule has 20 heavy (non-hydrogen) atoms. The molecule has 1 aromatic heterocycles. The first-order valence-corrected chi connectivity index (χ1v) is 7.85. The average molecular weight is 357 g/mol. The van der Waals surface area contributed by atoms with E-state index < -0.39 is 0 Å². The van der Waals surface area contributed by atoms with Crippen molar-refractivity contribution >= 4 is 27.5 Å². The molecule has 0 amide bonds. The number of rotatable bonds is 5. The van der Waals surface area contributed by atoms with Gasteiger partial charge in [-0.2, -0.15) is 5.10 Å². The predicted molar refractivity (Wildman–Crippen MR) is 87.6 cm³/mol. The van der Waals surface area contributed by atoms with Crippen LogP contribution in [0.1, 0.15) is 25.1 Å². The van der Waals surface area contributed by atoms with Crippen LogP contribution in [0.15, 0.2) is 28.9 Å². The van der Waals surface area contributed by atoms with E-state index in [0.717, 1.165) is 28.9 Å². The van der Waals surface area contributed by atoms with Gasteiger partial charge in [0, 0.05) is 17.2 Å². The Morgan fingerprint density at radius 3 is 2.70 bits per heavy atom. The zero-order chi connectivity index (χ0) is 14.7. The molecule has 1 aromatic carbocycles. The lowest BCUT2D eigenvalue weighted by Crippen LogP contribution is -2.19. The number of nitrogens with zero attached hydrogens (tertiary/aromatic N) is 2. The molecule has 108 valence electrons. The number of hydrogen-bond acceptors (Lipinski definition) is 2. The van der Waals surface area contributed by atoms with Crippen molar-refractivity contribution in [2.24, 2.45) is 5.92 Å². The van der Waals surface area contributed by atoms with Crippen molar-refractivity contribution in [2.75, 3.05) is 6.54 Å². The smallest absolute Gasteiger partial charge is 0.0819 e. The fourth-order valence-electron chi connectivity index (χ4n) is 1.89. The van der Waals surface area contributed by atoms with Crippen LogP contribution >= 0.6 is 27.5 Å². The lowest BCUT2D eigenvalue weighted by atomic mass is 10.2. The van der Waals surface area contributed by atoms with Gasteiger partial charge in [-0.15, -0.1) is 0 Å². The molecule has 2 rings (SSSR count). The van der Waals surface area contributed by atoms with Gasteiger partial charge in [-0.25, -0.2) is 4.68 Å². The van der Waals surface area contributed by atoms with Crippen molar-refractivity contribution in [2.45, 2.75) is 27.3 Å². The zero-order valence-electron chi connectivity index (χ0n) is 12.0. The maximum Gasteiger partial charge on any atom is 0.0819 e. The third kappa shape index (κ3) is 3.84. The molecule has 3 nitrogen and oxygen atoms in total. The van der Waals surface area contributed by atoms with Gasteiger partial charge in [0.2, 0.25) is 0 Å². The van der Waals surface area contributed by atoms with E-state index in [-0.39, 0.29) is 0 Å². The van der Waals surface area contributed by atoms with E-state index in [0.29, 0.717) is 10.9 Å². The molecule has 0 unspecified atom stereocenters. The molecule has 0 saturated carbocycles. The number of benzene rings is 1. The summed E-state index contributed by atoms with van der Waals surface area (Å²) in [5, 5.41) is 8.51. The summed E-state index contributed by atoms with van der Waals surface area (Å²) < 4.78 is 2.88. The standard InChI is InChI=1S/C15H19BrClN3/c1-10(2)7-18-8-12-4-5-13(6-14(12)16)20-9-15(17)11(3)19-20/h4-6,9-10,18H,7-8H2,1-3H3. The summed E-state index contributed by atoms with van der Waals surface area (Å²) in [7, 11) is 0. The molecule has 0 atom stereocenters.